The Bertz CT molecular complexity index is 309. The average Bonchev–Trinajstić information content (AvgIpc) is 2.50. The van der Waals surface area contributed by atoms with Gasteiger partial charge >= 0.3 is 5.97 Å². The lowest BCUT2D eigenvalue weighted by Gasteiger charge is -2.39. The first-order valence-electron chi connectivity index (χ1n) is 7.00. The fourth-order valence-corrected chi connectivity index (χ4v) is 2.05. The molecule has 4 N–H and O–H groups in total. The van der Waals surface area contributed by atoms with E-state index in [0.29, 0.717) is 19.3 Å². The number of carbonyl (C=O) groups excluding carboxylic acids is 1. The molecule has 124 valence electrons. The molecule has 1 heterocycles. The minimum absolute atomic E-state index is 0.259. The highest BCUT2D eigenvalue weighted by Gasteiger charge is 2.43. The van der Waals surface area contributed by atoms with Gasteiger partial charge in [0.2, 0.25) is 0 Å². The van der Waals surface area contributed by atoms with Gasteiger partial charge in [-0.05, 0) is 12.8 Å². The fourth-order valence-electron chi connectivity index (χ4n) is 2.05. The van der Waals surface area contributed by atoms with Crippen molar-refractivity contribution >= 4 is 5.97 Å². The first-order chi connectivity index (χ1) is 10.0. The highest BCUT2D eigenvalue weighted by molar-refractivity contribution is 5.68. The van der Waals surface area contributed by atoms with Crippen LogP contribution in [-0.4, -0.2) is 77.4 Å². The van der Waals surface area contributed by atoms with Crippen LogP contribution in [0.2, 0.25) is 0 Å². The van der Waals surface area contributed by atoms with Crippen molar-refractivity contribution in [2.75, 3.05) is 20.3 Å². The Morgan fingerprint density at radius 2 is 1.81 bits per heavy atom. The summed E-state index contributed by atoms with van der Waals surface area (Å²) in [6.45, 7) is -0.214. The van der Waals surface area contributed by atoms with E-state index in [-0.39, 0.29) is 12.6 Å². The van der Waals surface area contributed by atoms with Crippen molar-refractivity contribution in [1.82, 2.24) is 0 Å². The number of carbonyl (C=O) groups is 1. The van der Waals surface area contributed by atoms with Crippen molar-refractivity contribution in [2.45, 2.75) is 56.4 Å². The van der Waals surface area contributed by atoms with E-state index in [1.807, 2.05) is 0 Å². The van der Waals surface area contributed by atoms with Crippen LogP contribution in [0.15, 0.2) is 0 Å². The van der Waals surface area contributed by atoms with E-state index < -0.39 is 37.3 Å². The molecule has 0 bridgehead atoms. The maximum absolute atomic E-state index is 10.9. The van der Waals surface area contributed by atoms with Gasteiger partial charge in [0, 0.05) is 13.0 Å². The maximum Gasteiger partial charge on any atom is 0.305 e. The summed E-state index contributed by atoms with van der Waals surface area (Å²) < 4.78 is 15.0. The monoisotopic (exact) mass is 308 g/mol. The first kappa shape index (κ1) is 18.3. The van der Waals surface area contributed by atoms with Gasteiger partial charge in [0.05, 0.1) is 13.7 Å². The largest absolute Gasteiger partial charge is 0.469 e. The topological polar surface area (TPSA) is 126 Å². The summed E-state index contributed by atoms with van der Waals surface area (Å²) >= 11 is 0. The summed E-state index contributed by atoms with van der Waals surface area (Å²) in [5.41, 5.74) is 0. The third kappa shape index (κ3) is 5.50. The number of rotatable bonds is 8. The number of ether oxygens (including phenoxy) is 3. The average molecular weight is 308 g/mol. The van der Waals surface area contributed by atoms with Crippen LogP contribution in [0.5, 0.6) is 0 Å². The molecule has 0 amide bonds. The predicted molar refractivity (Wildman–Crippen MR) is 70.2 cm³/mol. The minimum atomic E-state index is -1.43. The van der Waals surface area contributed by atoms with Gasteiger partial charge in [0.25, 0.3) is 0 Å². The number of methoxy groups -OCH3 is 1. The van der Waals surface area contributed by atoms with E-state index in [9.17, 15) is 20.1 Å². The maximum atomic E-state index is 10.9. The van der Waals surface area contributed by atoms with Gasteiger partial charge in [-0.25, -0.2) is 0 Å². The summed E-state index contributed by atoms with van der Waals surface area (Å²) in [5, 5.41) is 37.9. The van der Waals surface area contributed by atoms with Crippen molar-refractivity contribution < 1.29 is 39.4 Å². The SMILES string of the molecule is COC(=O)CCCCCO[C@@H]1O[C@H](CO)[C@@H](O)[C@H](O)[C@H]1O. The van der Waals surface area contributed by atoms with Crippen LogP contribution in [0, 0.1) is 0 Å². The van der Waals surface area contributed by atoms with Gasteiger partial charge in [-0.2, -0.15) is 0 Å². The normalized spacial score (nSPS) is 32.9. The van der Waals surface area contributed by atoms with Crippen LogP contribution in [-0.2, 0) is 19.0 Å². The summed E-state index contributed by atoms with van der Waals surface area (Å²) in [7, 11) is 1.34. The van der Waals surface area contributed by atoms with Gasteiger partial charge in [-0.15, -0.1) is 0 Å². The number of hydrogen-bond acceptors (Lipinski definition) is 8. The van der Waals surface area contributed by atoms with E-state index >= 15 is 0 Å². The van der Waals surface area contributed by atoms with E-state index in [0.717, 1.165) is 6.42 Å². The molecule has 1 fully saturated rings. The molecule has 0 unspecified atom stereocenters. The molecule has 0 radical (unpaired) electrons. The Morgan fingerprint density at radius 1 is 1.10 bits per heavy atom. The standard InChI is InChI=1S/C13H24O8/c1-19-9(15)5-3-2-4-6-20-13-12(18)11(17)10(16)8(7-14)21-13/h8,10-14,16-18H,2-7H2,1H3/t8-,10-,11+,12-,13-/m1/s1. The zero-order valence-corrected chi connectivity index (χ0v) is 12.1. The third-order valence-corrected chi connectivity index (χ3v) is 3.38. The van der Waals surface area contributed by atoms with Crippen LogP contribution in [0.1, 0.15) is 25.7 Å². The Morgan fingerprint density at radius 3 is 2.43 bits per heavy atom. The summed E-state index contributed by atoms with van der Waals surface area (Å²) in [5.74, 6) is -0.259. The quantitative estimate of drug-likeness (QED) is 0.316. The lowest BCUT2D eigenvalue weighted by atomic mass is 9.99. The van der Waals surface area contributed by atoms with E-state index in [4.69, 9.17) is 14.6 Å². The molecule has 8 heteroatoms. The summed E-state index contributed by atoms with van der Waals surface area (Å²) in [6, 6.07) is 0. The van der Waals surface area contributed by atoms with E-state index in [1.165, 1.54) is 7.11 Å². The van der Waals surface area contributed by atoms with Gasteiger partial charge < -0.3 is 34.6 Å². The molecule has 5 atom stereocenters. The fraction of sp³-hybridized carbons (Fsp3) is 0.923. The number of unbranched alkanes of at least 4 members (excludes halogenated alkanes) is 2. The van der Waals surface area contributed by atoms with Crippen LogP contribution in [0.4, 0.5) is 0 Å². The molecular weight excluding hydrogens is 284 g/mol. The van der Waals surface area contributed by atoms with E-state index in [2.05, 4.69) is 4.74 Å². The van der Waals surface area contributed by atoms with Crippen molar-refractivity contribution in [3.8, 4) is 0 Å². The molecule has 0 spiro atoms. The molecule has 1 aliphatic heterocycles. The zero-order chi connectivity index (χ0) is 15.8. The van der Waals surface area contributed by atoms with Crippen LogP contribution >= 0.6 is 0 Å². The predicted octanol–water partition coefficient (Wildman–Crippen LogP) is -1.46. The summed E-state index contributed by atoms with van der Waals surface area (Å²) in [6.07, 6.45) is -3.85. The summed E-state index contributed by atoms with van der Waals surface area (Å²) in [4.78, 5) is 10.9. The molecule has 0 aromatic carbocycles. The second kappa shape index (κ2) is 9.29. The second-order valence-electron chi connectivity index (χ2n) is 4.95. The smallest absolute Gasteiger partial charge is 0.305 e. The Labute approximate surface area is 123 Å². The first-order valence-corrected chi connectivity index (χ1v) is 7.00. The Balaban J connectivity index is 2.23. The van der Waals surface area contributed by atoms with Crippen LogP contribution in [0.3, 0.4) is 0 Å². The molecule has 1 saturated heterocycles. The highest BCUT2D eigenvalue weighted by Crippen LogP contribution is 2.22. The number of esters is 1. The van der Waals surface area contributed by atoms with Gasteiger partial charge in [-0.3, -0.25) is 4.79 Å². The molecular formula is C13H24O8. The highest BCUT2D eigenvalue weighted by atomic mass is 16.7. The van der Waals surface area contributed by atoms with E-state index in [1.54, 1.807) is 0 Å². The molecule has 8 nitrogen and oxygen atoms in total. The molecule has 0 aliphatic carbocycles. The zero-order valence-electron chi connectivity index (χ0n) is 12.1. The van der Waals surface area contributed by atoms with Crippen molar-refractivity contribution in [3.05, 3.63) is 0 Å². The lowest BCUT2D eigenvalue weighted by Crippen LogP contribution is -2.59. The second-order valence-corrected chi connectivity index (χ2v) is 4.95. The number of aliphatic hydroxyl groups excluding tert-OH is 4. The van der Waals surface area contributed by atoms with Crippen molar-refractivity contribution in [3.63, 3.8) is 0 Å². The van der Waals surface area contributed by atoms with Gasteiger partial charge in [0.1, 0.15) is 24.4 Å². The van der Waals surface area contributed by atoms with Gasteiger partial charge in [-0.1, -0.05) is 6.42 Å². The van der Waals surface area contributed by atoms with Crippen LogP contribution < -0.4 is 0 Å². The molecule has 21 heavy (non-hydrogen) atoms. The molecule has 1 rings (SSSR count). The Hall–Kier alpha value is -0.770. The molecule has 1 aliphatic rings. The molecule has 0 aromatic rings. The van der Waals surface area contributed by atoms with Crippen LogP contribution in [0.25, 0.3) is 0 Å². The van der Waals surface area contributed by atoms with Crippen molar-refractivity contribution in [2.24, 2.45) is 0 Å². The Kier molecular flexibility index (Phi) is 8.09. The molecule has 0 aromatic heterocycles. The number of hydrogen-bond donors (Lipinski definition) is 4. The molecule has 0 saturated carbocycles. The van der Waals surface area contributed by atoms with Crippen molar-refractivity contribution in [1.29, 1.82) is 0 Å². The van der Waals surface area contributed by atoms with Gasteiger partial charge in [0.15, 0.2) is 6.29 Å². The lowest BCUT2D eigenvalue weighted by molar-refractivity contribution is -0.301. The minimum Gasteiger partial charge on any atom is -0.469 e. The third-order valence-electron chi connectivity index (χ3n) is 3.38. The number of aliphatic hydroxyl groups is 4.